The molecule has 1 atom stereocenters. The lowest BCUT2D eigenvalue weighted by Gasteiger charge is -2.17. The van der Waals surface area contributed by atoms with Crippen LogP contribution in [0.5, 0.6) is 5.75 Å². The minimum Gasteiger partial charge on any atom is -0.491 e. The van der Waals surface area contributed by atoms with E-state index in [-0.39, 0.29) is 18.1 Å². The summed E-state index contributed by atoms with van der Waals surface area (Å²) >= 11 is 1.50. The van der Waals surface area contributed by atoms with Gasteiger partial charge in [-0.1, -0.05) is 17.3 Å². The number of thioether (sulfide) groups is 1. The van der Waals surface area contributed by atoms with Gasteiger partial charge < -0.3 is 14.6 Å². The van der Waals surface area contributed by atoms with Crippen LogP contribution in [0.4, 0.5) is 0 Å². The van der Waals surface area contributed by atoms with E-state index in [9.17, 15) is 4.79 Å². The Morgan fingerprint density at radius 1 is 1.20 bits per heavy atom. The zero-order chi connectivity index (χ0) is 21.7. The molecule has 6 nitrogen and oxygen atoms in total. The molecular weight excluding hydrogens is 398 g/mol. The highest BCUT2D eigenvalue weighted by Crippen LogP contribution is 2.28. The average molecular weight is 426 g/mol. The lowest BCUT2D eigenvalue weighted by atomic mass is 10.1. The first-order chi connectivity index (χ1) is 14.3. The number of hydrogen-bond donors (Lipinski definition) is 1. The van der Waals surface area contributed by atoms with Gasteiger partial charge in [0.1, 0.15) is 16.5 Å². The van der Waals surface area contributed by atoms with Gasteiger partial charge in [-0.05, 0) is 64.4 Å². The molecule has 0 aliphatic heterocycles. The van der Waals surface area contributed by atoms with Gasteiger partial charge in [0.05, 0.1) is 23.4 Å². The van der Waals surface area contributed by atoms with Gasteiger partial charge in [0, 0.05) is 17.5 Å². The van der Waals surface area contributed by atoms with E-state index >= 15 is 0 Å². The summed E-state index contributed by atoms with van der Waals surface area (Å²) in [6.45, 7) is 9.74. The average Bonchev–Trinajstić information content (AvgIpc) is 3.03. The van der Waals surface area contributed by atoms with Crippen molar-refractivity contribution < 1.29 is 14.1 Å². The van der Waals surface area contributed by atoms with Crippen molar-refractivity contribution in [3.05, 3.63) is 70.7 Å². The molecule has 0 saturated carbocycles. The standard InChI is InChI=1S/C23H27N3O3S/c1-14(2)28-19-9-6-8-18(12-19)15(3)25-22(27)20-10-7-11-24-23(20)30-13-21-16(4)26-29-17(21)5/h6-12,14-15H,13H2,1-5H3,(H,25,27)/t15-/m0/s1. The highest BCUT2D eigenvalue weighted by atomic mass is 32.2. The van der Waals surface area contributed by atoms with Gasteiger partial charge in [-0.2, -0.15) is 0 Å². The summed E-state index contributed by atoms with van der Waals surface area (Å²) in [6.07, 6.45) is 1.79. The van der Waals surface area contributed by atoms with Crippen LogP contribution in [0, 0.1) is 13.8 Å². The molecule has 2 heterocycles. The fourth-order valence-corrected chi connectivity index (χ4v) is 4.16. The van der Waals surface area contributed by atoms with E-state index < -0.39 is 0 Å². The SMILES string of the molecule is Cc1noc(C)c1CSc1ncccc1C(=O)N[C@@H](C)c1cccc(OC(C)C)c1. The van der Waals surface area contributed by atoms with Crippen molar-refractivity contribution in [2.24, 2.45) is 0 Å². The first-order valence-electron chi connectivity index (χ1n) is 9.92. The van der Waals surface area contributed by atoms with Gasteiger partial charge in [-0.15, -0.1) is 11.8 Å². The summed E-state index contributed by atoms with van der Waals surface area (Å²) in [5.41, 5.74) is 3.43. The number of hydrogen-bond acceptors (Lipinski definition) is 6. The molecule has 1 N–H and O–H groups in total. The van der Waals surface area contributed by atoms with E-state index in [1.807, 2.05) is 58.9 Å². The molecule has 158 valence electrons. The predicted octanol–water partition coefficient (Wildman–Crippen LogP) is 5.26. The van der Waals surface area contributed by atoms with Crippen molar-refractivity contribution in [3.8, 4) is 5.75 Å². The van der Waals surface area contributed by atoms with Crippen LogP contribution < -0.4 is 10.1 Å². The summed E-state index contributed by atoms with van der Waals surface area (Å²) in [5.74, 6) is 2.06. The monoisotopic (exact) mass is 425 g/mol. The Morgan fingerprint density at radius 2 is 2.00 bits per heavy atom. The fraction of sp³-hybridized carbons (Fsp3) is 0.348. The number of benzene rings is 1. The number of pyridine rings is 1. The van der Waals surface area contributed by atoms with E-state index in [1.165, 1.54) is 11.8 Å². The van der Waals surface area contributed by atoms with Crippen molar-refractivity contribution in [1.29, 1.82) is 0 Å². The molecule has 30 heavy (non-hydrogen) atoms. The van der Waals surface area contributed by atoms with Crippen molar-refractivity contribution in [2.75, 3.05) is 0 Å². The second-order valence-corrected chi connectivity index (χ2v) is 8.35. The van der Waals surface area contributed by atoms with Crippen LogP contribution in [-0.4, -0.2) is 22.2 Å². The second kappa shape index (κ2) is 9.80. The van der Waals surface area contributed by atoms with E-state index in [4.69, 9.17) is 9.26 Å². The number of aromatic nitrogens is 2. The maximum absolute atomic E-state index is 13.0. The molecule has 0 radical (unpaired) electrons. The summed E-state index contributed by atoms with van der Waals surface area (Å²) < 4.78 is 11.0. The molecular formula is C23H27N3O3S. The minimum atomic E-state index is -0.172. The lowest BCUT2D eigenvalue weighted by Crippen LogP contribution is -2.27. The highest BCUT2D eigenvalue weighted by Gasteiger charge is 2.18. The van der Waals surface area contributed by atoms with Gasteiger partial charge >= 0.3 is 0 Å². The minimum absolute atomic E-state index is 0.0952. The molecule has 7 heteroatoms. The maximum Gasteiger partial charge on any atom is 0.254 e. The summed E-state index contributed by atoms with van der Waals surface area (Å²) in [4.78, 5) is 17.4. The normalized spacial score (nSPS) is 12.1. The molecule has 3 aromatic rings. The maximum atomic E-state index is 13.0. The van der Waals surface area contributed by atoms with Crippen molar-refractivity contribution >= 4 is 17.7 Å². The van der Waals surface area contributed by atoms with Gasteiger partial charge in [0.15, 0.2) is 0 Å². The number of aryl methyl sites for hydroxylation is 2. The van der Waals surface area contributed by atoms with Gasteiger partial charge in [0.25, 0.3) is 5.91 Å². The van der Waals surface area contributed by atoms with E-state index in [2.05, 4.69) is 15.5 Å². The van der Waals surface area contributed by atoms with E-state index in [0.29, 0.717) is 16.3 Å². The summed E-state index contributed by atoms with van der Waals surface area (Å²) in [6, 6.07) is 11.2. The van der Waals surface area contributed by atoms with Gasteiger partial charge in [-0.25, -0.2) is 4.98 Å². The van der Waals surface area contributed by atoms with E-state index in [1.54, 1.807) is 18.3 Å². The third-order valence-electron chi connectivity index (χ3n) is 4.63. The summed E-state index contributed by atoms with van der Waals surface area (Å²) in [7, 11) is 0. The van der Waals surface area contributed by atoms with E-state index in [0.717, 1.165) is 28.3 Å². The number of nitrogens with one attached hydrogen (secondary N) is 1. The first kappa shape index (κ1) is 21.9. The second-order valence-electron chi connectivity index (χ2n) is 7.38. The van der Waals surface area contributed by atoms with Crippen LogP contribution in [-0.2, 0) is 5.75 Å². The first-order valence-corrected chi connectivity index (χ1v) is 10.9. The number of nitrogens with zero attached hydrogens (tertiary/aromatic N) is 2. The quantitative estimate of drug-likeness (QED) is 0.496. The Bertz CT molecular complexity index is 997. The Balaban J connectivity index is 1.71. The van der Waals surface area contributed by atoms with Gasteiger partial charge in [0.2, 0.25) is 0 Å². The van der Waals surface area contributed by atoms with Crippen molar-refractivity contribution in [3.63, 3.8) is 0 Å². The lowest BCUT2D eigenvalue weighted by molar-refractivity contribution is 0.0936. The zero-order valence-electron chi connectivity index (χ0n) is 17.9. The third kappa shape index (κ3) is 5.42. The van der Waals surface area contributed by atoms with Crippen molar-refractivity contribution in [1.82, 2.24) is 15.5 Å². The molecule has 3 rings (SSSR count). The predicted molar refractivity (Wildman–Crippen MR) is 118 cm³/mol. The molecule has 1 aromatic carbocycles. The number of carbonyl (C=O) groups excluding carboxylic acids is 1. The van der Waals surface area contributed by atoms with Crippen LogP contribution in [0.2, 0.25) is 0 Å². The Kier molecular flexibility index (Phi) is 7.15. The Labute approximate surface area is 181 Å². The zero-order valence-corrected chi connectivity index (χ0v) is 18.7. The molecule has 0 aliphatic carbocycles. The molecule has 0 spiro atoms. The molecule has 1 amide bonds. The molecule has 0 unspecified atom stereocenters. The Morgan fingerprint density at radius 3 is 2.70 bits per heavy atom. The van der Waals surface area contributed by atoms with Gasteiger partial charge in [-0.3, -0.25) is 4.79 Å². The molecule has 0 saturated heterocycles. The van der Waals surface area contributed by atoms with Crippen molar-refractivity contribution in [2.45, 2.75) is 57.5 Å². The van der Waals surface area contributed by atoms with Crippen LogP contribution in [0.15, 0.2) is 52.1 Å². The number of carbonyl (C=O) groups is 1. The van der Waals surface area contributed by atoms with Crippen LogP contribution in [0.1, 0.15) is 59.8 Å². The third-order valence-corrected chi connectivity index (χ3v) is 5.66. The van der Waals surface area contributed by atoms with Crippen LogP contribution in [0.25, 0.3) is 0 Å². The molecule has 0 bridgehead atoms. The fourth-order valence-electron chi connectivity index (χ4n) is 3.01. The molecule has 0 fully saturated rings. The molecule has 0 aliphatic rings. The number of rotatable bonds is 8. The summed E-state index contributed by atoms with van der Waals surface area (Å²) in [5, 5.41) is 7.74. The topological polar surface area (TPSA) is 77.2 Å². The molecule has 2 aromatic heterocycles. The smallest absolute Gasteiger partial charge is 0.254 e. The van der Waals surface area contributed by atoms with Crippen LogP contribution >= 0.6 is 11.8 Å². The largest absolute Gasteiger partial charge is 0.491 e. The Hall–Kier alpha value is -2.80. The number of amides is 1. The number of ether oxygens (including phenoxy) is 1. The van der Waals surface area contributed by atoms with Crippen LogP contribution in [0.3, 0.4) is 0 Å². The highest BCUT2D eigenvalue weighted by molar-refractivity contribution is 7.98.